The molecule has 0 radical (unpaired) electrons. The van der Waals surface area contributed by atoms with Crippen LogP contribution in [0.1, 0.15) is 39.0 Å². The second kappa shape index (κ2) is 8.08. The summed E-state index contributed by atoms with van der Waals surface area (Å²) in [5, 5.41) is 6.86. The Morgan fingerprint density at radius 3 is 2.71 bits per heavy atom. The third-order valence-electron chi connectivity index (χ3n) is 3.75. The van der Waals surface area contributed by atoms with Gasteiger partial charge < -0.3 is 10.6 Å². The van der Waals surface area contributed by atoms with Crippen molar-refractivity contribution in [1.29, 1.82) is 0 Å². The lowest BCUT2D eigenvalue weighted by molar-refractivity contribution is -0.121. The number of halogens is 1. The predicted octanol–water partition coefficient (Wildman–Crippen LogP) is 4.15. The van der Waals surface area contributed by atoms with Gasteiger partial charge in [0.15, 0.2) is 0 Å². The van der Waals surface area contributed by atoms with Crippen LogP contribution in [0.15, 0.2) is 35.9 Å². The number of hydrogen-bond donors (Lipinski definition) is 2. The Kier molecular flexibility index (Phi) is 6.12. The fraction of sp³-hybridized carbons (Fsp3) is 0.471. The summed E-state index contributed by atoms with van der Waals surface area (Å²) in [6.45, 7) is 2.58. The van der Waals surface area contributed by atoms with Gasteiger partial charge in [0, 0.05) is 17.3 Å². The molecule has 2 N–H and O–H groups in total. The lowest BCUT2D eigenvalue weighted by atomic mass is 9.97. The van der Waals surface area contributed by atoms with Crippen molar-refractivity contribution >= 4 is 23.2 Å². The van der Waals surface area contributed by atoms with Gasteiger partial charge in [0.2, 0.25) is 5.91 Å². The van der Waals surface area contributed by atoms with Crippen molar-refractivity contribution in [1.82, 2.24) is 5.32 Å². The maximum Gasteiger partial charge on any atom is 0.242 e. The molecule has 0 aromatic heterocycles. The van der Waals surface area contributed by atoms with Crippen molar-refractivity contribution in [3.05, 3.63) is 40.9 Å². The van der Waals surface area contributed by atoms with E-state index in [1.54, 1.807) is 0 Å². The number of hydrogen-bond acceptors (Lipinski definition) is 2. The zero-order valence-electron chi connectivity index (χ0n) is 12.5. The zero-order valence-corrected chi connectivity index (χ0v) is 13.2. The highest BCUT2D eigenvalue weighted by atomic mass is 35.5. The van der Waals surface area contributed by atoms with Crippen molar-refractivity contribution in [2.24, 2.45) is 0 Å². The lowest BCUT2D eigenvalue weighted by Crippen LogP contribution is -2.38. The fourth-order valence-corrected chi connectivity index (χ4v) is 2.62. The summed E-state index contributed by atoms with van der Waals surface area (Å²) < 4.78 is 0. The van der Waals surface area contributed by atoms with E-state index in [1.807, 2.05) is 31.2 Å². The first-order valence-electron chi connectivity index (χ1n) is 7.63. The summed E-state index contributed by atoms with van der Waals surface area (Å²) >= 11 is 5.84. The maximum atomic E-state index is 12.0. The van der Waals surface area contributed by atoms with Gasteiger partial charge in [0.05, 0.1) is 0 Å². The van der Waals surface area contributed by atoms with Crippen LogP contribution in [-0.4, -0.2) is 18.5 Å². The van der Waals surface area contributed by atoms with Crippen LogP contribution >= 0.6 is 11.6 Å². The number of carbonyl (C=O) groups excluding carboxylic acids is 1. The van der Waals surface area contributed by atoms with Crippen LogP contribution in [0.4, 0.5) is 5.69 Å². The normalized spacial score (nSPS) is 16.0. The first-order valence-corrected chi connectivity index (χ1v) is 8.00. The van der Waals surface area contributed by atoms with Crippen LogP contribution in [0.25, 0.3) is 0 Å². The molecule has 3 nitrogen and oxygen atoms in total. The van der Waals surface area contributed by atoms with Gasteiger partial charge in [-0.15, -0.1) is 0 Å². The van der Waals surface area contributed by atoms with E-state index in [1.165, 1.54) is 31.3 Å². The zero-order chi connectivity index (χ0) is 15.1. The number of benzene rings is 1. The molecule has 1 atom stereocenters. The number of amides is 1. The molecule has 0 saturated carbocycles. The highest BCUT2D eigenvalue weighted by Gasteiger charge is 2.12. The molecule has 21 heavy (non-hydrogen) atoms. The molecule has 1 aromatic rings. The van der Waals surface area contributed by atoms with Gasteiger partial charge in [-0.1, -0.05) is 23.3 Å². The van der Waals surface area contributed by atoms with Crippen LogP contribution in [0.2, 0.25) is 5.02 Å². The minimum Gasteiger partial charge on any atom is -0.374 e. The lowest BCUT2D eigenvalue weighted by Gasteiger charge is -2.17. The van der Waals surface area contributed by atoms with E-state index in [0.717, 1.165) is 18.7 Å². The molecule has 0 unspecified atom stereocenters. The number of rotatable bonds is 6. The highest BCUT2D eigenvalue weighted by Crippen LogP contribution is 2.19. The van der Waals surface area contributed by atoms with Crippen LogP contribution in [-0.2, 0) is 4.79 Å². The smallest absolute Gasteiger partial charge is 0.242 e. The highest BCUT2D eigenvalue weighted by molar-refractivity contribution is 6.30. The molecule has 0 fully saturated rings. The molecule has 1 aliphatic rings. The molecular weight excluding hydrogens is 284 g/mol. The van der Waals surface area contributed by atoms with E-state index >= 15 is 0 Å². The van der Waals surface area contributed by atoms with Gasteiger partial charge in [0.1, 0.15) is 6.04 Å². The van der Waals surface area contributed by atoms with Crippen LogP contribution < -0.4 is 10.6 Å². The van der Waals surface area contributed by atoms with E-state index in [9.17, 15) is 4.79 Å². The monoisotopic (exact) mass is 306 g/mol. The van der Waals surface area contributed by atoms with Crippen LogP contribution in [0.3, 0.4) is 0 Å². The van der Waals surface area contributed by atoms with Gasteiger partial charge in [-0.2, -0.15) is 0 Å². The Hall–Kier alpha value is -1.48. The molecule has 4 heteroatoms. The average molecular weight is 307 g/mol. The minimum absolute atomic E-state index is 0.0290. The molecule has 114 valence electrons. The van der Waals surface area contributed by atoms with E-state index in [0.29, 0.717) is 5.02 Å². The average Bonchev–Trinajstić information content (AvgIpc) is 2.50. The summed E-state index contributed by atoms with van der Waals surface area (Å²) in [4.78, 5) is 12.0. The third-order valence-corrected chi connectivity index (χ3v) is 4.00. The Morgan fingerprint density at radius 2 is 2.05 bits per heavy atom. The number of anilines is 1. The Labute approximate surface area is 131 Å². The number of nitrogens with one attached hydrogen (secondary N) is 2. The Balaban J connectivity index is 1.72. The molecular formula is C17H23ClN2O. The van der Waals surface area contributed by atoms with E-state index in [4.69, 9.17) is 11.6 Å². The van der Waals surface area contributed by atoms with Gasteiger partial charge in [-0.3, -0.25) is 4.79 Å². The van der Waals surface area contributed by atoms with Crippen molar-refractivity contribution in [3.8, 4) is 0 Å². The van der Waals surface area contributed by atoms with E-state index < -0.39 is 0 Å². The summed E-state index contributed by atoms with van der Waals surface area (Å²) in [5.41, 5.74) is 2.39. The largest absolute Gasteiger partial charge is 0.374 e. The minimum atomic E-state index is -0.258. The summed E-state index contributed by atoms with van der Waals surface area (Å²) in [7, 11) is 0. The second-order valence-corrected chi connectivity index (χ2v) is 5.96. The number of carbonyl (C=O) groups is 1. The Bertz CT molecular complexity index is 496. The predicted molar refractivity (Wildman–Crippen MR) is 88.7 cm³/mol. The van der Waals surface area contributed by atoms with Gasteiger partial charge in [0.25, 0.3) is 0 Å². The van der Waals surface area contributed by atoms with E-state index in [-0.39, 0.29) is 11.9 Å². The number of allylic oxidation sites excluding steroid dienone is 1. The second-order valence-electron chi connectivity index (χ2n) is 5.52. The van der Waals surface area contributed by atoms with Crippen LogP contribution in [0.5, 0.6) is 0 Å². The molecule has 1 aromatic carbocycles. The van der Waals surface area contributed by atoms with Gasteiger partial charge in [-0.25, -0.2) is 0 Å². The summed E-state index contributed by atoms with van der Waals surface area (Å²) in [6, 6.07) is 7.11. The van der Waals surface area contributed by atoms with Crippen molar-refractivity contribution in [2.45, 2.75) is 45.1 Å². The molecule has 0 heterocycles. The first kappa shape index (κ1) is 15.9. The van der Waals surface area contributed by atoms with E-state index in [2.05, 4.69) is 16.7 Å². The van der Waals surface area contributed by atoms with Crippen LogP contribution in [0, 0.1) is 0 Å². The SMILES string of the molecule is C[C@@H](Nc1ccc(Cl)cc1)C(=O)NCCC1=CCCCC1. The molecule has 0 saturated heterocycles. The molecule has 2 rings (SSSR count). The topological polar surface area (TPSA) is 41.1 Å². The van der Waals surface area contributed by atoms with Gasteiger partial charge >= 0.3 is 0 Å². The van der Waals surface area contributed by atoms with Gasteiger partial charge in [-0.05, 0) is 63.3 Å². The molecule has 0 aliphatic heterocycles. The quantitative estimate of drug-likeness (QED) is 0.775. The standard InChI is InChI=1S/C17H23ClN2O/c1-13(20-16-9-7-15(18)8-10-16)17(21)19-12-11-14-5-3-2-4-6-14/h5,7-10,13,20H,2-4,6,11-12H2,1H3,(H,19,21)/t13-/m1/s1. The summed E-state index contributed by atoms with van der Waals surface area (Å²) in [6.07, 6.45) is 8.27. The van der Waals surface area contributed by atoms with Crippen molar-refractivity contribution in [3.63, 3.8) is 0 Å². The van der Waals surface area contributed by atoms with Crippen molar-refractivity contribution < 1.29 is 4.79 Å². The summed E-state index contributed by atoms with van der Waals surface area (Å²) in [5.74, 6) is 0.0290. The third kappa shape index (κ3) is 5.43. The Morgan fingerprint density at radius 1 is 1.29 bits per heavy atom. The molecule has 0 spiro atoms. The molecule has 0 bridgehead atoms. The maximum absolute atomic E-state index is 12.0. The fourth-order valence-electron chi connectivity index (χ4n) is 2.49. The molecule has 1 amide bonds. The molecule has 1 aliphatic carbocycles. The van der Waals surface area contributed by atoms with Crippen molar-refractivity contribution in [2.75, 3.05) is 11.9 Å². The first-order chi connectivity index (χ1) is 10.1.